The Kier molecular flexibility index (Phi) is 26.0. The van der Waals surface area contributed by atoms with Crippen LogP contribution >= 0.6 is 0 Å². The van der Waals surface area contributed by atoms with Crippen molar-refractivity contribution in [2.45, 2.75) is 181 Å². The second-order valence-electron chi connectivity index (χ2n) is 19.4. The number of β-amino-alcohol motifs (C(OH)–C–C–N with tert-alkyl or cyclic N) is 1. The summed E-state index contributed by atoms with van der Waals surface area (Å²) in [6.45, 7) is 10.5. The van der Waals surface area contributed by atoms with Gasteiger partial charge in [0, 0.05) is 88.8 Å². The van der Waals surface area contributed by atoms with Gasteiger partial charge in [-0.15, -0.1) is 0 Å². The van der Waals surface area contributed by atoms with Gasteiger partial charge < -0.3 is 42.1 Å². The molecule has 0 aliphatic carbocycles. The lowest BCUT2D eigenvalue weighted by atomic mass is 9.88. The number of hydrogen-bond acceptors (Lipinski definition) is 14. The molecular weight excluding hydrogens is 869 g/mol. The van der Waals surface area contributed by atoms with Crippen molar-refractivity contribution in [1.29, 1.82) is 0 Å². The van der Waals surface area contributed by atoms with Gasteiger partial charge in [-0.25, -0.2) is 0 Å². The molecule has 8 atom stereocenters. The van der Waals surface area contributed by atoms with Gasteiger partial charge >= 0.3 is 0 Å². The molecule has 2 rings (SSSR count). The maximum absolute atomic E-state index is 13.6. The minimum atomic E-state index is -1.17. The van der Waals surface area contributed by atoms with Crippen molar-refractivity contribution in [2.24, 2.45) is 35.3 Å². The zero-order valence-electron chi connectivity index (χ0n) is 40.5. The van der Waals surface area contributed by atoms with Crippen molar-refractivity contribution < 1.29 is 63.0 Å². The minimum Gasteiger partial charge on any atom is -0.396 e. The van der Waals surface area contributed by atoms with Crippen molar-refractivity contribution in [2.75, 3.05) is 26.2 Å². The average Bonchev–Trinajstić information content (AvgIpc) is 3.93. The molecule has 2 saturated heterocycles. The molecule has 378 valence electrons. The summed E-state index contributed by atoms with van der Waals surface area (Å²) in [5, 5.41) is 29.5. The van der Waals surface area contributed by atoms with Gasteiger partial charge in [0.05, 0.1) is 36.8 Å². The van der Waals surface area contributed by atoms with Gasteiger partial charge in [-0.2, -0.15) is 0 Å². The molecule has 0 aromatic carbocycles. The lowest BCUT2D eigenvalue weighted by Crippen LogP contribution is -2.45. The molecule has 19 nitrogen and oxygen atoms in total. The molecule has 0 spiro atoms. The van der Waals surface area contributed by atoms with Crippen LogP contribution in [0.3, 0.4) is 0 Å². The van der Waals surface area contributed by atoms with Crippen molar-refractivity contribution in [3.8, 4) is 0 Å². The highest BCUT2D eigenvalue weighted by atomic mass is 16.3. The highest BCUT2D eigenvalue weighted by Gasteiger charge is 2.36. The predicted octanol–water partition coefficient (Wildman–Crippen LogP) is 1.34. The summed E-state index contributed by atoms with van der Waals surface area (Å²) in [7, 11) is 0. The van der Waals surface area contributed by atoms with Gasteiger partial charge in [0.2, 0.25) is 29.5 Å². The number of amides is 5. The van der Waals surface area contributed by atoms with Crippen LogP contribution in [-0.2, 0) is 52.7 Å². The van der Waals surface area contributed by atoms with E-state index < -0.39 is 95.5 Å². The zero-order valence-corrected chi connectivity index (χ0v) is 40.5. The molecule has 67 heavy (non-hydrogen) atoms. The Morgan fingerprint density at radius 1 is 0.731 bits per heavy atom. The summed E-state index contributed by atoms with van der Waals surface area (Å²) >= 11 is 0. The van der Waals surface area contributed by atoms with Crippen molar-refractivity contribution >= 4 is 64.2 Å². The average molecular weight is 947 g/mol. The van der Waals surface area contributed by atoms with Crippen LogP contribution in [0.25, 0.3) is 0 Å². The molecule has 0 bridgehead atoms. The van der Waals surface area contributed by atoms with Gasteiger partial charge in [-0.05, 0) is 77.0 Å². The van der Waals surface area contributed by atoms with E-state index in [1.807, 2.05) is 27.7 Å². The Labute approximate surface area is 395 Å². The number of nitrogens with zero attached hydrogens (tertiary/aromatic N) is 1. The number of aliphatic hydroxyl groups is 2. The smallest absolute Gasteiger partial charge is 0.224 e. The van der Waals surface area contributed by atoms with E-state index in [4.69, 9.17) is 10.8 Å². The van der Waals surface area contributed by atoms with Crippen LogP contribution in [0.1, 0.15) is 151 Å². The highest BCUT2D eigenvalue weighted by molar-refractivity contribution is 5.97. The Morgan fingerprint density at radius 2 is 1.39 bits per heavy atom. The Hall–Kier alpha value is -4.75. The topological polar surface area (TPSA) is 306 Å². The number of nitrogens with two attached hydrogens (primary N) is 1. The third-order valence-electron chi connectivity index (χ3n) is 12.5. The molecule has 8 N–H and O–H groups in total. The normalized spacial score (nSPS) is 19.3. The minimum absolute atomic E-state index is 0.00476. The third kappa shape index (κ3) is 21.8. The van der Waals surface area contributed by atoms with Crippen molar-refractivity contribution in [1.82, 2.24) is 26.2 Å². The van der Waals surface area contributed by atoms with Gasteiger partial charge in [-0.1, -0.05) is 34.1 Å². The van der Waals surface area contributed by atoms with E-state index >= 15 is 0 Å². The first kappa shape index (κ1) is 58.4. The monoisotopic (exact) mass is 947 g/mol. The van der Waals surface area contributed by atoms with E-state index in [1.165, 1.54) is 18.7 Å². The number of rotatable bonds is 34. The first-order valence-electron chi connectivity index (χ1n) is 24.1. The number of ketones is 6. The number of unbranched alkanes of at least 4 members (excludes halogenated alkanes) is 1. The van der Waals surface area contributed by atoms with Crippen LogP contribution in [0.4, 0.5) is 0 Å². The summed E-state index contributed by atoms with van der Waals surface area (Å²) in [4.78, 5) is 144. The second kappa shape index (κ2) is 29.9. The Bertz CT molecular complexity index is 1750. The quantitative estimate of drug-likeness (QED) is 0.0448. The molecule has 5 amide bonds. The van der Waals surface area contributed by atoms with Crippen molar-refractivity contribution in [3.05, 3.63) is 0 Å². The fourth-order valence-electron chi connectivity index (χ4n) is 8.74. The Balaban J connectivity index is 1.98. The summed E-state index contributed by atoms with van der Waals surface area (Å²) in [5.41, 5.74) is 5.33. The number of carbonyl (C=O) groups excluding carboxylic acids is 11. The van der Waals surface area contributed by atoms with E-state index in [0.29, 0.717) is 45.1 Å². The number of aliphatic hydroxyl groups excluding tert-OH is 2. The van der Waals surface area contributed by atoms with E-state index in [0.717, 1.165) is 0 Å². The number of primary amides is 1. The van der Waals surface area contributed by atoms with E-state index in [9.17, 15) is 57.8 Å². The molecule has 0 unspecified atom stereocenters. The van der Waals surface area contributed by atoms with Gasteiger partial charge in [-0.3, -0.25) is 52.7 Å². The zero-order chi connectivity index (χ0) is 50.4. The number of Topliss-reactive ketones (excluding diaryl/α,β-unsaturated/α-hetero) is 6. The molecule has 2 aliphatic rings. The summed E-state index contributed by atoms with van der Waals surface area (Å²) in [6.07, 6.45) is 1.12. The molecule has 2 aliphatic heterocycles. The van der Waals surface area contributed by atoms with Crippen LogP contribution in [0.15, 0.2) is 0 Å². The van der Waals surface area contributed by atoms with Gasteiger partial charge in [0.25, 0.3) is 0 Å². The molecule has 19 heteroatoms. The van der Waals surface area contributed by atoms with Crippen LogP contribution < -0.4 is 27.0 Å². The van der Waals surface area contributed by atoms with E-state index in [2.05, 4.69) is 21.3 Å². The maximum atomic E-state index is 13.6. The summed E-state index contributed by atoms with van der Waals surface area (Å²) in [6, 6.07) is -3.42. The van der Waals surface area contributed by atoms with Crippen molar-refractivity contribution in [3.63, 3.8) is 0 Å². The number of carbonyl (C=O) groups is 11. The maximum Gasteiger partial charge on any atom is 0.224 e. The Morgan fingerprint density at radius 3 is 1.97 bits per heavy atom. The van der Waals surface area contributed by atoms with Crippen LogP contribution in [0, 0.1) is 29.6 Å². The molecule has 0 radical (unpaired) electrons. The van der Waals surface area contributed by atoms with Gasteiger partial charge in [0.1, 0.15) is 11.6 Å². The summed E-state index contributed by atoms with van der Waals surface area (Å²) < 4.78 is 0. The van der Waals surface area contributed by atoms with E-state index in [1.54, 1.807) is 0 Å². The fourth-order valence-corrected chi connectivity index (χ4v) is 8.74. The molecule has 2 heterocycles. The van der Waals surface area contributed by atoms with Crippen LogP contribution in [-0.4, -0.2) is 136 Å². The standard InChI is InChI=1S/C48H78N6O13/c1-28(2)20-33(48(67)52-30(5)40(59)14-17-46(65)54-18-9-11-39(54)43(62)23-32(31(6)56)10-7-8-19-55)22-35(57)27-51-47(66)34(21-29(3)4)24-42(61)37(12-15-44(49)63)53-45(64)16-13-41(60)38-25-36(58)26-50-38/h28-30,32-34,36-39,50,55,58H,7-27H2,1-6H3,(H2,49,63)(H,51,66)(H,52,67)(H,53,64)/t30-,32+,33+,34+,36+,37-,38-,39-/m0/s1. The fraction of sp³-hybridized carbons (Fsp3) is 0.771. The molecule has 0 saturated carbocycles. The molecule has 0 aromatic heterocycles. The lowest BCUT2D eigenvalue weighted by molar-refractivity contribution is -0.139. The number of likely N-dealkylation sites (tertiary alicyclic amines) is 1. The van der Waals surface area contributed by atoms with Gasteiger partial charge in [0.15, 0.2) is 23.1 Å². The predicted molar refractivity (Wildman–Crippen MR) is 246 cm³/mol. The summed E-state index contributed by atoms with van der Waals surface area (Å²) in [5.74, 6) is -7.14. The molecule has 2 fully saturated rings. The number of nitrogens with one attached hydrogen (secondary N) is 4. The van der Waals surface area contributed by atoms with Crippen LogP contribution in [0.2, 0.25) is 0 Å². The number of hydrogen-bond donors (Lipinski definition) is 7. The SMILES string of the molecule is CC(=O)[C@H](CCCCO)CC(=O)[C@@H]1CCCN1C(=O)CCC(=O)[C@H](C)NC(=O)[C@@H](CC(=O)CNC(=O)[C@@H](CC(=O)[C@H](CCC(N)=O)NC(=O)CCC(=O)[C@@H]1C[C@@H](O)CN1)CC(C)C)CC(C)C. The first-order chi connectivity index (χ1) is 31.5. The molecule has 0 aromatic rings. The highest BCUT2D eigenvalue weighted by Crippen LogP contribution is 2.25. The third-order valence-corrected chi connectivity index (χ3v) is 12.5. The largest absolute Gasteiger partial charge is 0.396 e. The second-order valence-corrected chi connectivity index (χ2v) is 19.4. The lowest BCUT2D eigenvalue weighted by Gasteiger charge is -2.25. The molecular formula is C48H78N6O13. The first-order valence-corrected chi connectivity index (χ1v) is 24.1. The van der Waals surface area contributed by atoms with Crippen LogP contribution in [0.5, 0.6) is 0 Å². The van der Waals surface area contributed by atoms with E-state index in [-0.39, 0.29) is 119 Å².